The van der Waals surface area contributed by atoms with E-state index in [1.165, 1.54) is 6.92 Å². The molecular weight excluding hydrogens is 247 g/mol. The van der Waals surface area contributed by atoms with Crippen LogP contribution in [0.3, 0.4) is 0 Å². The molecule has 0 aromatic rings. The quantitative estimate of drug-likeness (QED) is 0.285. The second-order valence-electron chi connectivity index (χ2n) is 5.12. The van der Waals surface area contributed by atoms with Gasteiger partial charge in [-0.3, -0.25) is 10.0 Å². The van der Waals surface area contributed by atoms with Gasteiger partial charge < -0.3 is 18.8 Å². The summed E-state index contributed by atoms with van der Waals surface area (Å²) < 4.78 is 11.5. The van der Waals surface area contributed by atoms with Crippen LogP contribution in [0.5, 0.6) is 0 Å². The van der Waals surface area contributed by atoms with Gasteiger partial charge in [0.15, 0.2) is 0 Å². The number of hydroxylamine groups is 2. The molecule has 0 rings (SSSR count). The Kier molecular flexibility index (Phi) is 5.77. The maximum Gasteiger partial charge on any atom is 0.242 e. The minimum absolute atomic E-state index is 0.00285. The molecule has 2 atom stereocenters. The molecule has 2 unspecified atom stereocenters. The summed E-state index contributed by atoms with van der Waals surface area (Å²) in [6.07, 6.45) is 0.00285. The van der Waals surface area contributed by atoms with Crippen LogP contribution in [0.15, 0.2) is 0 Å². The first-order chi connectivity index (χ1) is 7.43. The number of nitrogens with zero attached hydrogens (tertiary/aromatic N) is 2. The van der Waals surface area contributed by atoms with Crippen molar-refractivity contribution in [2.45, 2.75) is 19.0 Å². The van der Waals surface area contributed by atoms with Gasteiger partial charge in [0.25, 0.3) is 0 Å². The van der Waals surface area contributed by atoms with Gasteiger partial charge in [0.2, 0.25) is 5.91 Å². The zero-order chi connectivity index (χ0) is 13.9. The molecule has 17 heavy (non-hydrogen) atoms. The zero-order valence-electron chi connectivity index (χ0n) is 10.7. The minimum atomic E-state index is -4.47. The number of carbonyl (C=O) groups is 1. The van der Waals surface area contributed by atoms with E-state index in [9.17, 15) is 14.3 Å². The van der Waals surface area contributed by atoms with E-state index in [0.717, 1.165) is 0 Å². The molecule has 0 spiro atoms. The topological polar surface area (TPSA) is 101 Å². The molecule has 0 aliphatic rings. The van der Waals surface area contributed by atoms with Crippen LogP contribution in [0, 0.1) is 0 Å². The third kappa shape index (κ3) is 7.46. The van der Waals surface area contributed by atoms with Crippen molar-refractivity contribution in [2.75, 3.05) is 34.2 Å². The molecule has 0 saturated carbocycles. The highest BCUT2D eigenvalue weighted by Crippen LogP contribution is 2.39. The molecule has 7 nitrogen and oxygen atoms in total. The van der Waals surface area contributed by atoms with Crippen LogP contribution in [0.2, 0.25) is 0 Å². The van der Waals surface area contributed by atoms with Crippen molar-refractivity contribution in [3.05, 3.63) is 0 Å². The molecule has 0 aromatic heterocycles. The average molecular weight is 268 g/mol. The summed E-state index contributed by atoms with van der Waals surface area (Å²) in [6.45, 7) is 1.26. The van der Waals surface area contributed by atoms with Gasteiger partial charge in [0.05, 0.1) is 33.3 Å². The molecule has 0 bridgehead atoms. The Labute approximate surface area is 101 Å². The van der Waals surface area contributed by atoms with Gasteiger partial charge in [-0.05, 0) is 6.42 Å². The number of rotatable bonds is 6. The van der Waals surface area contributed by atoms with Gasteiger partial charge in [-0.15, -0.1) is 0 Å². The van der Waals surface area contributed by atoms with Gasteiger partial charge in [-0.25, -0.2) is 5.06 Å². The fraction of sp³-hybridized carbons (Fsp3) is 0.889. The lowest BCUT2D eigenvalue weighted by molar-refractivity contribution is -0.870. The number of carbonyl (C=O) groups excluding carboxylic acids is 1. The first kappa shape index (κ1) is 16.5. The summed E-state index contributed by atoms with van der Waals surface area (Å²) in [4.78, 5) is 31.0. The Morgan fingerprint density at radius 1 is 1.47 bits per heavy atom. The molecule has 0 aliphatic carbocycles. The summed E-state index contributed by atoms with van der Waals surface area (Å²) in [5.74, 6) is -0.562. The first-order valence-corrected chi connectivity index (χ1v) is 6.89. The summed E-state index contributed by atoms with van der Waals surface area (Å²) in [5.41, 5.74) is -0.975. The van der Waals surface area contributed by atoms with Gasteiger partial charge in [0.1, 0.15) is 7.60 Å². The molecule has 0 aliphatic heterocycles. The third-order valence-electron chi connectivity index (χ3n) is 2.26. The van der Waals surface area contributed by atoms with E-state index < -0.39 is 19.2 Å². The third-order valence-corrected chi connectivity index (χ3v) is 3.60. The summed E-state index contributed by atoms with van der Waals surface area (Å²) >= 11 is 0. The smallest absolute Gasteiger partial charge is 0.242 e. The standard InChI is InChI=1S/C9H21N2O5P/c1-8(12)10(13)6-5-9(17(14,15)16)7-11(2,3)4/h9,13H,5-7H2,1-4H3,(H-,14,15,16). The number of amides is 1. The van der Waals surface area contributed by atoms with Crippen LogP contribution in [0.25, 0.3) is 0 Å². The Bertz CT molecular complexity index is 309. The Morgan fingerprint density at radius 3 is 2.24 bits per heavy atom. The molecule has 2 N–H and O–H groups in total. The number of hydrogen-bond donors (Lipinski definition) is 2. The lowest BCUT2D eigenvalue weighted by atomic mass is 10.2. The molecule has 0 aromatic carbocycles. The highest BCUT2D eigenvalue weighted by molar-refractivity contribution is 7.51. The Hall–Kier alpha value is -0.460. The maximum absolute atomic E-state index is 11.2. The largest absolute Gasteiger partial charge is 0.778 e. The van der Waals surface area contributed by atoms with Crippen molar-refractivity contribution < 1.29 is 28.8 Å². The highest BCUT2D eigenvalue weighted by atomic mass is 31.2. The van der Waals surface area contributed by atoms with Crippen molar-refractivity contribution in [1.29, 1.82) is 0 Å². The highest BCUT2D eigenvalue weighted by Gasteiger charge is 2.27. The van der Waals surface area contributed by atoms with Gasteiger partial charge >= 0.3 is 0 Å². The number of hydrogen-bond acceptors (Lipinski definition) is 4. The normalized spacial score (nSPS) is 17.4. The van der Waals surface area contributed by atoms with Crippen molar-refractivity contribution >= 4 is 13.5 Å². The van der Waals surface area contributed by atoms with Gasteiger partial charge in [-0.1, -0.05) is 0 Å². The summed E-state index contributed by atoms with van der Waals surface area (Å²) in [7, 11) is 0.914. The molecule has 8 heteroatoms. The fourth-order valence-electron chi connectivity index (χ4n) is 1.42. The van der Waals surface area contributed by atoms with E-state index >= 15 is 0 Å². The lowest BCUT2D eigenvalue weighted by Gasteiger charge is -2.34. The second-order valence-corrected chi connectivity index (χ2v) is 6.98. The minimum Gasteiger partial charge on any atom is -0.778 e. The van der Waals surface area contributed by atoms with Crippen LogP contribution in [-0.4, -0.2) is 65.4 Å². The SMILES string of the molecule is CC(=O)N(O)CCC(C[N+](C)(C)C)P(=O)([O-])O. The predicted octanol–water partition coefficient (Wildman–Crippen LogP) is -0.765. The van der Waals surface area contributed by atoms with Crippen molar-refractivity contribution in [1.82, 2.24) is 5.06 Å². The average Bonchev–Trinajstić information content (AvgIpc) is 2.07. The molecule has 0 radical (unpaired) electrons. The van der Waals surface area contributed by atoms with Crippen LogP contribution < -0.4 is 4.89 Å². The van der Waals surface area contributed by atoms with E-state index in [-0.39, 0.29) is 19.5 Å². The zero-order valence-corrected chi connectivity index (χ0v) is 11.6. The number of quaternary nitrogens is 1. The van der Waals surface area contributed by atoms with Crippen LogP contribution in [-0.2, 0) is 9.36 Å². The predicted molar refractivity (Wildman–Crippen MR) is 60.3 cm³/mol. The molecule has 0 saturated heterocycles. The van der Waals surface area contributed by atoms with E-state index in [1.54, 1.807) is 21.1 Å². The summed E-state index contributed by atoms with van der Waals surface area (Å²) in [5, 5.41) is 9.59. The molecule has 0 heterocycles. The van der Waals surface area contributed by atoms with E-state index in [4.69, 9.17) is 10.1 Å². The van der Waals surface area contributed by atoms with Crippen molar-refractivity contribution in [2.24, 2.45) is 0 Å². The lowest BCUT2D eigenvalue weighted by Crippen LogP contribution is -2.43. The molecule has 102 valence electrons. The monoisotopic (exact) mass is 268 g/mol. The van der Waals surface area contributed by atoms with Crippen molar-refractivity contribution in [3.8, 4) is 0 Å². The van der Waals surface area contributed by atoms with Gasteiger partial charge in [-0.2, -0.15) is 0 Å². The Morgan fingerprint density at radius 2 is 1.94 bits per heavy atom. The van der Waals surface area contributed by atoms with Crippen LogP contribution in [0.1, 0.15) is 13.3 Å². The van der Waals surface area contributed by atoms with Crippen LogP contribution >= 0.6 is 7.60 Å². The molecule has 1 amide bonds. The van der Waals surface area contributed by atoms with E-state index in [2.05, 4.69) is 0 Å². The molecule has 0 fully saturated rings. The van der Waals surface area contributed by atoms with Gasteiger partial charge in [0, 0.05) is 13.5 Å². The first-order valence-electron chi connectivity index (χ1n) is 5.24. The van der Waals surface area contributed by atoms with E-state index in [0.29, 0.717) is 9.55 Å². The molecular formula is C9H21N2O5P. The van der Waals surface area contributed by atoms with E-state index in [1.807, 2.05) is 0 Å². The summed E-state index contributed by atoms with van der Waals surface area (Å²) in [6, 6.07) is 0. The fourth-order valence-corrected chi connectivity index (χ4v) is 2.56. The Balaban J connectivity index is 4.53. The van der Waals surface area contributed by atoms with Crippen molar-refractivity contribution in [3.63, 3.8) is 0 Å². The maximum atomic E-state index is 11.2. The second kappa shape index (κ2) is 5.93. The van der Waals surface area contributed by atoms with Crippen LogP contribution in [0.4, 0.5) is 0 Å².